The fraction of sp³-hybridized carbons (Fsp3) is 0.158. The minimum Gasteiger partial charge on any atom is -0.461 e. The van der Waals surface area contributed by atoms with Crippen LogP contribution < -0.4 is 0 Å². The lowest BCUT2D eigenvalue weighted by atomic mass is 10.1. The lowest BCUT2D eigenvalue weighted by Gasteiger charge is -2.06. The number of oxazole rings is 1. The summed E-state index contributed by atoms with van der Waals surface area (Å²) in [5.41, 5.74) is -1.35. The average molecular weight is 406 g/mol. The number of nitro groups is 1. The molecule has 2 aromatic carbocycles. The van der Waals surface area contributed by atoms with Crippen LogP contribution in [0.2, 0.25) is 0 Å². The molecule has 0 aliphatic carbocycles. The number of halogens is 3. The first-order chi connectivity index (χ1) is 13.7. The molecular formula is C19H13F3N2O5. The summed E-state index contributed by atoms with van der Waals surface area (Å²) in [5, 5.41) is 11.3. The van der Waals surface area contributed by atoms with Crippen LogP contribution in [0.3, 0.4) is 0 Å². The van der Waals surface area contributed by atoms with Gasteiger partial charge in [0.15, 0.2) is 11.5 Å². The van der Waals surface area contributed by atoms with E-state index in [0.29, 0.717) is 0 Å². The van der Waals surface area contributed by atoms with Crippen molar-refractivity contribution in [2.75, 3.05) is 6.61 Å². The van der Waals surface area contributed by atoms with Crippen LogP contribution in [0.5, 0.6) is 0 Å². The molecule has 0 radical (unpaired) electrons. The summed E-state index contributed by atoms with van der Waals surface area (Å²) in [5.74, 6) is -1.25. The summed E-state index contributed by atoms with van der Waals surface area (Å²) >= 11 is 0. The van der Waals surface area contributed by atoms with Crippen molar-refractivity contribution in [3.05, 3.63) is 69.9 Å². The Balaban J connectivity index is 2.14. The number of carbonyl (C=O) groups is 1. The van der Waals surface area contributed by atoms with Gasteiger partial charge in [0.05, 0.1) is 22.7 Å². The van der Waals surface area contributed by atoms with Crippen LogP contribution in [0, 0.1) is 10.1 Å². The molecule has 150 valence electrons. The zero-order chi connectivity index (χ0) is 21.2. The number of carbonyl (C=O) groups excluding carboxylic acids is 1. The van der Waals surface area contributed by atoms with Crippen LogP contribution in [0.15, 0.2) is 52.9 Å². The molecule has 3 rings (SSSR count). The van der Waals surface area contributed by atoms with E-state index in [1.165, 1.54) is 24.3 Å². The number of aromatic nitrogens is 1. The third-order valence-corrected chi connectivity index (χ3v) is 3.90. The predicted octanol–water partition coefficient (Wildman–Crippen LogP) is 5.11. The van der Waals surface area contributed by atoms with Gasteiger partial charge in [-0.15, -0.1) is 0 Å². The molecule has 1 heterocycles. The van der Waals surface area contributed by atoms with Crippen molar-refractivity contribution in [2.45, 2.75) is 13.1 Å². The van der Waals surface area contributed by atoms with E-state index in [1.807, 2.05) is 0 Å². The van der Waals surface area contributed by atoms with Gasteiger partial charge in [-0.3, -0.25) is 10.1 Å². The van der Waals surface area contributed by atoms with Crippen molar-refractivity contribution in [2.24, 2.45) is 0 Å². The summed E-state index contributed by atoms with van der Waals surface area (Å²) in [7, 11) is 0. The Kier molecular flexibility index (Phi) is 5.35. The van der Waals surface area contributed by atoms with Gasteiger partial charge >= 0.3 is 12.1 Å². The van der Waals surface area contributed by atoms with Crippen LogP contribution in [-0.4, -0.2) is 22.5 Å². The quantitative estimate of drug-likeness (QED) is 0.332. The Morgan fingerprint density at radius 3 is 2.41 bits per heavy atom. The number of hydrogen-bond acceptors (Lipinski definition) is 6. The Morgan fingerprint density at radius 2 is 1.83 bits per heavy atom. The zero-order valence-electron chi connectivity index (χ0n) is 14.9. The second-order valence-electron chi connectivity index (χ2n) is 5.77. The predicted molar refractivity (Wildman–Crippen MR) is 95.0 cm³/mol. The van der Waals surface area contributed by atoms with E-state index in [9.17, 15) is 28.1 Å². The first-order valence-electron chi connectivity index (χ1n) is 8.31. The summed E-state index contributed by atoms with van der Waals surface area (Å²) in [6.07, 6.45) is -4.51. The number of esters is 1. The van der Waals surface area contributed by atoms with Gasteiger partial charge in [0.1, 0.15) is 0 Å². The minimum atomic E-state index is -4.51. The van der Waals surface area contributed by atoms with Gasteiger partial charge in [-0.25, -0.2) is 9.78 Å². The lowest BCUT2D eigenvalue weighted by Crippen LogP contribution is -2.07. The van der Waals surface area contributed by atoms with Crippen LogP contribution >= 0.6 is 0 Å². The molecule has 3 aromatic rings. The molecular weight excluding hydrogens is 393 g/mol. The fourth-order valence-corrected chi connectivity index (χ4v) is 2.59. The highest BCUT2D eigenvalue weighted by molar-refractivity contribution is 5.95. The van der Waals surface area contributed by atoms with Gasteiger partial charge < -0.3 is 9.15 Å². The van der Waals surface area contributed by atoms with Gasteiger partial charge in [0.2, 0.25) is 5.89 Å². The third-order valence-electron chi connectivity index (χ3n) is 3.90. The number of alkyl halides is 3. The van der Waals surface area contributed by atoms with Crippen molar-refractivity contribution in [3.63, 3.8) is 0 Å². The maximum atomic E-state index is 12.8. The van der Waals surface area contributed by atoms with E-state index in [4.69, 9.17) is 9.15 Å². The zero-order valence-corrected chi connectivity index (χ0v) is 14.9. The van der Waals surface area contributed by atoms with Crippen LogP contribution in [0.1, 0.15) is 23.0 Å². The van der Waals surface area contributed by atoms with Gasteiger partial charge in [-0.1, -0.05) is 12.1 Å². The molecule has 0 atom stereocenters. The molecule has 0 saturated heterocycles. The van der Waals surface area contributed by atoms with Gasteiger partial charge in [0, 0.05) is 11.6 Å². The van der Waals surface area contributed by atoms with E-state index >= 15 is 0 Å². The maximum absolute atomic E-state index is 12.8. The normalized spacial score (nSPS) is 11.3. The fourth-order valence-electron chi connectivity index (χ4n) is 2.59. The lowest BCUT2D eigenvalue weighted by molar-refractivity contribution is -0.384. The number of ether oxygens (including phenoxy) is 1. The van der Waals surface area contributed by atoms with Gasteiger partial charge in [0.25, 0.3) is 5.69 Å². The van der Waals surface area contributed by atoms with E-state index in [1.54, 1.807) is 6.92 Å². The monoisotopic (exact) mass is 406 g/mol. The average Bonchev–Trinajstić information content (AvgIpc) is 3.13. The summed E-state index contributed by atoms with van der Waals surface area (Å²) in [6, 6.07) is 9.50. The Labute approximate surface area is 161 Å². The standard InChI is InChI=1S/C19H13F3N2O5/c1-2-28-18(25)15-16(13-5-3-4-6-14(13)24(26)27)29-17(23-15)11-7-9-12(10-8-11)19(20,21)22/h3-10H,2H2,1H3. The highest BCUT2D eigenvalue weighted by Crippen LogP contribution is 2.36. The Hall–Kier alpha value is -3.69. The largest absolute Gasteiger partial charge is 0.461 e. The van der Waals surface area contributed by atoms with Crippen molar-refractivity contribution in [1.29, 1.82) is 0 Å². The smallest absolute Gasteiger partial charge is 0.416 e. The molecule has 0 N–H and O–H groups in total. The van der Waals surface area contributed by atoms with E-state index in [0.717, 1.165) is 24.3 Å². The van der Waals surface area contributed by atoms with Crippen LogP contribution in [-0.2, 0) is 10.9 Å². The Morgan fingerprint density at radius 1 is 1.17 bits per heavy atom. The first kappa shape index (κ1) is 20.1. The third kappa shape index (κ3) is 4.10. The van der Waals surface area contributed by atoms with Gasteiger partial charge in [-0.05, 0) is 37.3 Å². The van der Waals surface area contributed by atoms with Crippen LogP contribution in [0.25, 0.3) is 22.8 Å². The second kappa shape index (κ2) is 7.74. The summed E-state index contributed by atoms with van der Waals surface area (Å²) in [4.78, 5) is 27.0. The summed E-state index contributed by atoms with van der Waals surface area (Å²) < 4.78 is 48.8. The number of benzene rings is 2. The van der Waals surface area contributed by atoms with E-state index < -0.39 is 22.6 Å². The maximum Gasteiger partial charge on any atom is 0.416 e. The molecule has 29 heavy (non-hydrogen) atoms. The molecule has 0 aliphatic heterocycles. The Bertz CT molecular complexity index is 1060. The molecule has 7 nitrogen and oxygen atoms in total. The number of para-hydroxylation sites is 1. The highest BCUT2D eigenvalue weighted by Gasteiger charge is 2.31. The number of hydrogen-bond donors (Lipinski definition) is 0. The molecule has 0 unspecified atom stereocenters. The van der Waals surface area contributed by atoms with E-state index in [2.05, 4.69) is 4.98 Å². The van der Waals surface area contributed by atoms with Crippen LogP contribution in [0.4, 0.5) is 18.9 Å². The first-order valence-corrected chi connectivity index (χ1v) is 8.31. The number of nitrogens with zero attached hydrogens (tertiary/aromatic N) is 2. The minimum absolute atomic E-state index is 0.00813. The SMILES string of the molecule is CCOC(=O)c1nc(-c2ccc(C(F)(F)F)cc2)oc1-c1ccccc1[N+](=O)[O-]. The van der Waals surface area contributed by atoms with E-state index in [-0.39, 0.29) is 40.8 Å². The van der Waals surface area contributed by atoms with Crippen molar-refractivity contribution < 1.29 is 32.0 Å². The molecule has 0 aliphatic rings. The molecule has 10 heteroatoms. The number of rotatable bonds is 5. The molecule has 0 spiro atoms. The molecule has 0 bridgehead atoms. The highest BCUT2D eigenvalue weighted by atomic mass is 19.4. The summed E-state index contributed by atoms with van der Waals surface area (Å²) in [6.45, 7) is 1.59. The number of nitro benzene ring substituents is 1. The molecule has 0 saturated carbocycles. The topological polar surface area (TPSA) is 95.5 Å². The molecule has 0 fully saturated rings. The second-order valence-corrected chi connectivity index (χ2v) is 5.77. The molecule has 1 aromatic heterocycles. The molecule has 0 amide bonds. The van der Waals surface area contributed by atoms with Crippen molar-refractivity contribution >= 4 is 11.7 Å². The van der Waals surface area contributed by atoms with Crippen molar-refractivity contribution in [1.82, 2.24) is 4.98 Å². The van der Waals surface area contributed by atoms with Gasteiger partial charge in [-0.2, -0.15) is 13.2 Å². The van der Waals surface area contributed by atoms with Crippen molar-refractivity contribution in [3.8, 4) is 22.8 Å².